The molecule has 0 spiro atoms. The van der Waals surface area contributed by atoms with E-state index < -0.39 is 0 Å². The van der Waals surface area contributed by atoms with Crippen LogP contribution < -0.4 is 4.74 Å². The monoisotopic (exact) mass is 583 g/mol. The number of benzene rings is 4. The number of hydrogen-bond acceptors (Lipinski definition) is 7. The lowest BCUT2D eigenvalue weighted by atomic mass is 10.1. The van der Waals surface area contributed by atoms with E-state index in [1.54, 1.807) is 14.2 Å². The molecule has 1 aliphatic rings. The lowest BCUT2D eigenvalue weighted by Gasteiger charge is -2.28. The first-order chi connectivity index (χ1) is 21.2. The molecule has 0 saturated carbocycles. The molecule has 7 heteroatoms. The van der Waals surface area contributed by atoms with Crippen LogP contribution in [0, 0.1) is 0 Å². The lowest BCUT2D eigenvalue weighted by molar-refractivity contribution is -0.202. The smallest absolute Gasteiger partial charge is 0.118 e. The zero-order valence-corrected chi connectivity index (χ0v) is 24.9. The van der Waals surface area contributed by atoms with Gasteiger partial charge in [-0.15, -0.1) is 0 Å². The summed E-state index contributed by atoms with van der Waals surface area (Å²) in [6, 6.07) is 38.0. The van der Waals surface area contributed by atoms with E-state index in [1.807, 2.05) is 83.9 Å². The van der Waals surface area contributed by atoms with E-state index in [9.17, 15) is 0 Å². The zero-order chi connectivity index (χ0) is 29.7. The Morgan fingerprint density at radius 2 is 0.884 bits per heavy atom. The second kappa shape index (κ2) is 16.3. The highest BCUT2D eigenvalue weighted by molar-refractivity contribution is 5.26. The molecular formula is C36H41NO6. The van der Waals surface area contributed by atoms with E-state index in [1.165, 1.54) is 0 Å². The molecule has 1 fully saturated rings. The second-order valence-corrected chi connectivity index (χ2v) is 10.6. The molecule has 4 unspecified atom stereocenters. The molecule has 0 bridgehead atoms. The molecule has 1 saturated heterocycles. The van der Waals surface area contributed by atoms with Crippen molar-refractivity contribution in [3.05, 3.63) is 138 Å². The predicted molar refractivity (Wildman–Crippen MR) is 165 cm³/mol. The molecule has 0 aliphatic carbocycles. The summed E-state index contributed by atoms with van der Waals surface area (Å²) in [4.78, 5) is 6.03. The molecule has 4 aromatic rings. The van der Waals surface area contributed by atoms with Crippen LogP contribution in [0.15, 0.2) is 115 Å². The Labute approximate surface area is 254 Å². The van der Waals surface area contributed by atoms with Crippen molar-refractivity contribution in [2.45, 2.75) is 50.7 Å². The maximum absolute atomic E-state index is 6.66. The van der Waals surface area contributed by atoms with Crippen LogP contribution in [-0.2, 0) is 50.2 Å². The maximum atomic E-state index is 6.66. The molecule has 0 radical (unpaired) electrons. The molecule has 0 N–H and O–H groups in total. The average molecular weight is 584 g/mol. The van der Waals surface area contributed by atoms with E-state index in [2.05, 4.69) is 36.4 Å². The normalized spacial score (nSPS) is 20.3. The van der Waals surface area contributed by atoms with E-state index in [4.69, 9.17) is 28.5 Å². The summed E-state index contributed by atoms with van der Waals surface area (Å²) in [5.74, 6) is 0.816. The van der Waals surface area contributed by atoms with Gasteiger partial charge in [-0.05, 0) is 34.4 Å². The first kappa shape index (κ1) is 30.9. The number of hydroxylamine groups is 2. The SMILES string of the molecule is COc1ccc(COCC2C(OCc3ccccc3)C(OCc3ccccc3)C(COCc3ccccc3)N2OC)cc1. The molecule has 7 nitrogen and oxygen atoms in total. The fraction of sp³-hybridized carbons (Fsp3) is 0.333. The molecule has 43 heavy (non-hydrogen) atoms. The highest BCUT2D eigenvalue weighted by atomic mass is 16.7. The number of methoxy groups -OCH3 is 1. The van der Waals surface area contributed by atoms with Crippen molar-refractivity contribution in [3.63, 3.8) is 0 Å². The van der Waals surface area contributed by atoms with Gasteiger partial charge >= 0.3 is 0 Å². The summed E-state index contributed by atoms with van der Waals surface area (Å²) < 4.78 is 31.2. The Bertz CT molecular complexity index is 1320. The van der Waals surface area contributed by atoms with Crippen LogP contribution in [-0.4, -0.2) is 56.8 Å². The van der Waals surface area contributed by atoms with Gasteiger partial charge in [0.2, 0.25) is 0 Å². The number of rotatable bonds is 16. The van der Waals surface area contributed by atoms with Crippen LogP contribution in [0.5, 0.6) is 5.75 Å². The number of nitrogens with zero attached hydrogens (tertiary/aromatic N) is 1. The third kappa shape index (κ3) is 8.74. The van der Waals surface area contributed by atoms with Gasteiger partial charge < -0.3 is 28.5 Å². The Hall–Kier alpha value is -3.56. The fourth-order valence-electron chi connectivity index (χ4n) is 5.42. The molecule has 0 aromatic heterocycles. The van der Waals surface area contributed by atoms with Gasteiger partial charge in [0.15, 0.2) is 0 Å². The van der Waals surface area contributed by atoms with E-state index in [0.29, 0.717) is 39.6 Å². The van der Waals surface area contributed by atoms with Gasteiger partial charge in [0, 0.05) is 0 Å². The summed E-state index contributed by atoms with van der Waals surface area (Å²) in [6.45, 7) is 2.63. The van der Waals surface area contributed by atoms with E-state index >= 15 is 0 Å². The van der Waals surface area contributed by atoms with Crippen molar-refractivity contribution in [2.24, 2.45) is 0 Å². The van der Waals surface area contributed by atoms with Gasteiger partial charge in [-0.25, -0.2) is 0 Å². The standard InChI is InChI=1S/C36H41NO6/c1-38-32-20-18-31(19-21-32)23-41-27-34-36(43-25-30-16-10-5-11-17-30)35(42-24-29-14-8-4-9-15-29)33(37(34)39-2)26-40-22-28-12-6-3-7-13-28/h3-21,33-36H,22-27H2,1-2H3. The van der Waals surface area contributed by atoms with Gasteiger partial charge in [0.1, 0.15) is 18.0 Å². The van der Waals surface area contributed by atoms with Crippen LogP contribution >= 0.6 is 0 Å². The van der Waals surface area contributed by atoms with Crippen molar-refractivity contribution in [1.82, 2.24) is 5.06 Å². The van der Waals surface area contributed by atoms with E-state index in [0.717, 1.165) is 28.0 Å². The predicted octanol–water partition coefficient (Wildman–Crippen LogP) is 6.21. The molecule has 4 aromatic carbocycles. The third-order valence-corrected chi connectivity index (χ3v) is 7.63. The highest BCUT2D eigenvalue weighted by Crippen LogP contribution is 2.32. The average Bonchev–Trinajstić information content (AvgIpc) is 3.35. The van der Waals surface area contributed by atoms with Crippen LogP contribution in [0.1, 0.15) is 22.3 Å². The summed E-state index contributed by atoms with van der Waals surface area (Å²) >= 11 is 0. The van der Waals surface area contributed by atoms with Gasteiger partial charge in [0.05, 0.1) is 65.9 Å². The highest BCUT2D eigenvalue weighted by Gasteiger charge is 2.51. The summed E-state index contributed by atoms with van der Waals surface area (Å²) in [5.41, 5.74) is 4.36. The molecule has 5 rings (SSSR count). The van der Waals surface area contributed by atoms with Crippen molar-refractivity contribution in [1.29, 1.82) is 0 Å². The first-order valence-corrected chi connectivity index (χ1v) is 14.7. The largest absolute Gasteiger partial charge is 0.497 e. The second-order valence-electron chi connectivity index (χ2n) is 10.6. The number of ether oxygens (including phenoxy) is 5. The molecule has 4 atom stereocenters. The maximum Gasteiger partial charge on any atom is 0.118 e. The Morgan fingerprint density at radius 1 is 0.488 bits per heavy atom. The van der Waals surface area contributed by atoms with Gasteiger partial charge in [-0.3, -0.25) is 0 Å². The van der Waals surface area contributed by atoms with Crippen LogP contribution in [0.4, 0.5) is 0 Å². The zero-order valence-electron chi connectivity index (χ0n) is 24.9. The van der Waals surface area contributed by atoms with Gasteiger partial charge in [0.25, 0.3) is 0 Å². The third-order valence-electron chi connectivity index (χ3n) is 7.63. The van der Waals surface area contributed by atoms with Crippen molar-refractivity contribution in [3.8, 4) is 5.75 Å². The molecule has 226 valence electrons. The topological polar surface area (TPSA) is 58.6 Å². The lowest BCUT2D eigenvalue weighted by Crippen LogP contribution is -2.43. The molecule has 0 amide bonds. The molecular weight excluding hydrogens is 542 g/mol. The Balaban J connectivity index is 1.35. The minimum Gasteiger partial charge on any atom is -0.497 e. The summed E-state index contributed by atoms with van der Waals surface area (Å²) in [7, 11) is 3.35. The van der Waals surface area contributed by atoms with Gasteiger partial charge in [-0.1, -0.05) is 103 Å². The summed E-state index contributed by atoms with van der Waals surface area (Å²) in [6.07, 6.45) is -0.653. The first-order valence-electron chi connectivity index (χ1n) is 14.7. The van der Waals surface area contributed by atoms with Crippen LogP contribution in [0.25, 0.3) is 0 Å². The van der Waals surface area contributed by atoms with Crippen LogP contribution in [0.3, 0.4) is 0 Å². The van der Waals surface area contributed by atoms with Crippen LogP contribution in [0.2, 0.25) is 0 Å². The Morgan fingerprint density at radius 3 is 1.28 bits per heavy atom. The Kier molecular flexibility index (Phi) is 11.7. The fourth-order valence-corrected chi connectivity index (χ4v) is 5.42. The van der Waals surface area contributed by atoms with Crippen molar-refractivity contribution < 1.29 is 28.5 Å². The minimum absolute atomic E-state index is 0.215. The minimum atomic E-state index is -0.329. The quantitative estimate of drug-likeness (QED) is 0.155. The van der Waals surface area contributed by atoms with Crippen molar-refractivity contribution >= 4 is 0 Å². The molecule has 1 aliphatic heterocycles. The van der Waals surface area contributed by atoms with E-state index in [-0.39, 0.29) is 24.3 Å². The van der Waals surface area contributed by atoms with Crippen molar-refractivity contribution in [2.75, 3.05) is 27.4 Å². The van der Waals surface area contributed by atoms with Gasteiger partial charge in [-0.2, -0.15) is 5.06 Å². The number of hydrogen-bond donors (Lipinski definition) is 0. The summed E-state index contributed by atoms with van der Waals surface area (Å²) in [5, 5.41) is 1.95. The molecule has 1 heterocycles.